The summed E-state index contributed by atoms with van der Waals surface area (Å²) < 4.78 is 0. The molecule has 1 heterocycles. The molecule has 0 fully saturated rings. The summed E-state index contributed by atoms with van der Waals surface area (Å²) in [5, 5.41) is 0.753. The molecule has 0 aliphatic carbocycles. The van der Waals surface area contributed by atoms with Gasteiger partial charge in [0.2, 0.25) is 0 Å². The van der Waals surface area contributed by atoms with Crippen molar-refractivity contribution < 1.29 is 0 Å². The standard InChI is InChI=1S/C15H14ClN/c1-11(2)15(14-5-3-4-10-17-14)12-6-8-13(16)9-7-12/h3-10H,1-2H3. The fourth-order valence-electron chi connectivity index (χ4n) is 1.82. The lowest BCUT2D eigenvalue weighted by atomic mass is 9.98. The van der Waals surface area contributed by atoms with Crippen molar-refractivity contribution in [2.75, 3.05) is 0 Å². The number of aromatic nitrogens is 1. The molecule has 1 aromatic carbocycles. The van der Waals surface area contributed by atoms with Gasteiger partial charge in [-0.25, -0.2) is 0 Å². The molecule has 0 aliphatic heterocycles. The van der Waals surface area contributed by atoms with Crippen molar-refractivity contribution in [3.63, 3.8) is 0 Å². The maximum atomic E-state index is 5.91. The number of rotatable bonds is 2. The highest BCUT2D eigenvalue weighted by Gasteiger charge is 2.07. The molecule has 2 heteroatoms. The van der Waals surface area contributed by atoms with Crippen LogP contribution in [0.25, 0.3) is 5.57 Å². The van der Waals surface area contributed by atoms with Crippen LogP contribution in [0.3, 0.4) is 0 Å². The fourth-order valence-corrected chi connectivity index (χ4v) is 1.95. The van der Waals surface area contributed by atoms with Crippen molar-refractivity contribution in [3.05, 3.63) is 70.5 Å². The van der Waals surface area contributed by atoms with E-state index in [2.05, 4.69) is 18.8 Å². The highest BCUT2D eigenvalue weighted by Crippen LogP contribution is 2.26. The molecule has 0 saturated heterocycles. The van der Waals surface area contributed by atoms with Crippen molar-refractivity contribution >= 4 is 17.2 Å². The SMILES string of the molecule is CC(C)=C(c1ccc(Cl)cc1)c1ccccn1. The van der Waals surface area contributed by atoms with Crippen molar-refractivity contribution in [1.29, 1.82) is 0 Å². The molecule has 17 heavy (non-hydrogen) atoms. The Labute approximate surface area is 107 Å². The van der Waals surface area contributed by atoms with Crippen LogP contribution in [0, 0.1) is 0 Å². The van der Waals surface area contributed by atoms with Gasteiger partial charge in [-0.1, -0.05) is 35.4 Å². The van der Waals surface area contributed by atoms with Gasteiger partial charge in [0.1, 0.15) is 0 Å². The summed E-state index contributed by atoms with van der Waals surface area (Å²) in [6.07, 6.45) is 1.81. The minimum Gasteiger partial charge on any atom is -0.256 e. The minimum atomic E-state index is 0.753. The van der Waals surface area contributed by atoms with Crippen LogP contribution in [-0.2, 0) is 0 Å². The summed E-state index contributed by atoms with van der Waals surface area (Å²) in [5.74, 6) is 0. The van der Waals surface area contributed by atoms with E-state index >= 15 is 0 Å². The van der Waals surface area contributed by atoms with Crippen LogP contribution in [0.5, 0.6) is 0 Å². The number of halogens is 1. The summed E-state index contributed by atoms with van der Waals surface area (Å²) in [6.45, 7) is 4.19. The molecule has 86 valence electrons. The first-order valence-corrected chi connectivity index (χ1v) is 5.91. The number of pyridine rings is 1. The Bertz CT molecular complexity index is 523. The van der Waals surface area contributed by atoms with Gasteiger partial charge in [0.05, 0.1) is 5.69 Å². The lowest BCUT2D eigenvalue weighted by molar-refractivity contribution is 1.25. The fraction of sp³-hybridized carbons (Fsp3) is 0.133. The number of nitrogens with zero attached hydrogens (tertiary/aromatic N) is 1. The zero-order chi connectivity index (χ0) is 12.3. The number of hydrogen-bond acceptors (Lipinski definition) is 1. The van der Waals surface area contributed by atoms with E-state index < -0.39 is 0 Å². The Morgan fingerprint density at radius 1 is 1.00 bits per heavy atom. The maximum Gasteiger partial charge on any atom is 0.0707 e. The summed E-state index contributed by atoms with van der Waals surface area (Å²) in [5.41, 5.74) is 4.55. The molecule has 0 radical (unpaired) electrons. The van der Waals surface area contributed by atoms with E-state index in [4.69, 9.17) is 11.6 Å². The predicted octanol–water partition coefficient (Wildman–Crippen LogP) is 4.58. The van der Waals surface area contributed by atoms with E-state index in [0.717, 1.165) is 16.3 Å². The number of allylic oxidation sites excluding steroid dienone is 1. The molecule has 0 atom stereocenters. The van der Waals surface area contributed by atoms with Gasteiger partial charge in [-0.3, -0.25) is 4.98 Å². The Morgan fingerprint density at radius 3 is 2.24 bits per heavy atom. The largest absolute Gasteiger partial charge is 0.256 e. The molecular formula is C15H14ClN. The van der Waals surface area contributed by atoms with E-state index in [0.29, 0.717) is 0 Å². The highest BCUT2D eigenvalue weighted by atomic mass is 35.5. The Kier molecular flexibility index (Phi) is 3.60. The molecule has 0 aliphatic rings. The van der Waals surface area contributed by atoms with E-state index in [-0.39, 0.29) is 0 Å². The van der Waals surface area contributed by atoms with Crippen LogP contribution in [0.4, 0.5) is 0 Å². The first-order chi connectivity index (χ1) is 8.18. The topological polar surface area (TPSA) is 12.9 Å². The summed E-state index contributed by atoms with van der Waals surface area (Å²) in [4.78, 5) is 4.41. The van der Waals surface area contributed by atoms with Gasteiger partial charge >= 0.3 is 0 Å². The minimum absolute atomic E-state index is 0.753. The molecule has 0 saturated carbocycles. The molecule has 0 unspecified atom stereocenters. The normalized spacial score (nSPS) is 10.1. The van der Waals surface area contributed by atoms with Crippen LogP contribution in [-0.4, -0.2) is 4.98 Å². The van der Waals surface area contributed by atoms with Gasteiger partial charge < -0.3 is 0 Å². The molecule has 0 spiro atoms. The molecular weight excluding hydrogens is 230 g/mol. The second-order valence-electron chi connectivity index (χ2n) is 4.10. The average molecular weight is 244 g/mol. The first-order valence-electron chi connectivity index (χ1n) is 5.53. The number of benzene rings is 1. The maximum absolute atomic E-state index is 5.91. The van der Waals surface area contributed by atoms with Gasteiger partial charge in [-0.2, -0.15) is 0 Å². The predicted molar refractivity (Wildman–Crippen MR) is 73.1 cm³/mol. The Balaban J connectivity index is 2.52. The lowest BCUT2D eigenvalue weighted by Gasteiger charge is -2.09. The summed E-state index contributed by atoms with van der Waals surface area (Å²) >= 11 is 5.91. The zero-order valence-electron chi connectivity index (χ0n) is 9.94. The molecule has 0 bridgehead atoms. The van der Waals surface area contributed by atoms with E-state index in [1.54, 1.807) is 0 Å². The van der Waals surface area contributed by atoms with Gasteiger partial charge in [-0.05, 0) is 43.7 Å². The number of hydrogen-bond donors (Lipinski definition) is 0. The Morgan fingerprint density at radius 2 is 1.71 bits per heavy atom. The quantitative estimate of drug-likeness (QED) is 0.753. The third kappa shape index (κ3) is 2.75. The molecule has 2 rings (SSSR count). The molecule has 0 amide bonds. The second-order valence-corrected chi connectivity index (χ2v) is 4.53. The highest BCUT2D eigenvalue weighted by molar-refractivity contribution is 6.30. The van der Waals surface area contributed by atoms with Gasteiger partial charge in [0.15, 0.2) is 0 Å². The van der Waals surface area contributed by atoms with Crippen LogP contribution in [0.1, 0.15) is 25.1 Å². The second kappa shape index (κ2) is 5.15. The molecule has 0 N–H and O–H groups in total. The van der Waals surface area contributed by atoms with Crippen LogP contribution in [0.2, 0.25) is 5.02 Å². The average Bonchev–Trinajstić information content (AvgIpc) is 2.33. The van der Waals surface area contributed by atoms with Crippen LogP contribution < -0.4 is 0 Å². The zero-order valence-corrected chi connectivity index (χ0v) is 10.7. The van der Waals surface area contributed by atoms with Crippen molar-refractivity contribution in [3.8, 4) is 0 Å². The van der Waals surface area contributed by atoms with E-state index in [1.165, 1.54) is 11.1 Å². The molecule has 2 aromatic rings. The van der Waals surface area contributed by atoms with Gasteiger partial charge in [-0.15, -0.1) is 0 Å². The lowest BCUT2D eigenvalue weighted by Crippen LogP contribution is -1.93. The van der Waals surface area contributed by atoms with Crippen LogP contribution in [0.15, 0.2) is 54.2 Å². The summed E-state index contributed by atoms with van der Waals surface area (Å²) in [6, 6.07) is 13.8. The van der Waals surface area contributed by atoms with E-state index in [9.17, 15) is 0 Å². The third-order valence-corrected chi connectivity index (χ3v) is 2.81. The smallest absolute Gasteiger partial charge is 0.0707 e. The van der Waals surface area contributed by atoms with Crippen molar-refractivity contribution in [1.82, 2.24) is 4.98 Å². The molecule has 1 aromatic heterocycles. The third-order valence-electron chi connectivity index (χ3n) is 2.55. The van der Waals surface area contributed by atoms with Gasteiger partial charge in [0, 0.05) is 16.8 Å². The van der Waals surface area contributed by atoms with Crippen LogP contribution >= 0.6 is 11.6 Å². The summed E-state index contributed by atoms with van der Waals surface area (Å²) in [7, 11) is 0. The monoisotopic (exact) mass is 243 g/mol. The first kappa shape index (κ1) is 11.9. The van der Waals surface area contributed by atoms with Crippen molar-refractivity contribution in [2.45, 2.75) is 13.8 Å². The van der Waals surface area contributed by atoms with E-state index in [1.807, 2.05) is 48.7 Å². The molecule has 1 nitrogen and oxygen atoms in total. The Hall–Kier alpha value is -1.60. The van der Waals surface area contributed by atoms with Gasteiger partial charge in [0.25, 0.3) is 0 Å². The van der Waals surface area contributed by atoms with Crippen molar-refractivity contribution in [2.24, 2.45) is 0 Å².